The molecule has 0 saturated carbocycles. The van der Waals surface area contributed by atoms with Gasteiger partial charge in [-0.05, 0) is 26.7 Å². The van der Waals surface area contributed by atoms with E-state index in [0.29, 0.717) is 6.54 Å². The molecule has 0 bridgehead atoms. The van der Waals surface area contributed by atoms with Crippen LogP contribution in [0.25, 0.3) is 0 Å². The van der Waals surface area contributed by atoms with Crippen LogP contribution in [0, 0.1) is 5.92 Å². The fourth-order valence-electron chi connectivity index (χ4n) is 1.74. The number of alkyl carbamates (subject to hydrolysis) is 1. The second kappa shape index (κ2) is 10.1. The summed E-state index contributed by atoms with van der Waals surface area (Å²) in [5.41, 5.74) is -0.493. The van der Waals surface area contributed by atoms with E-state index in [0.717, 1.165) is 5.96 Å². The lowest BCUT2D eigenvalue weighted by Gasteiger charge is -2.27. The van der Waals surface area contributed by atoms with Crippen LogP contribution < -0.4 is 5.32 Å². The molecule has 1 amide bonds. The Balaban J connectivity index is 0. The molecule has 0 aromatic heterocycles. The van der Waals surface area contributed by atoms with Gasteiger partial charge in [0.2, 0.25) is 0 Å². The molecular weight excluding hydrogens is 395 g/mol. The SMILES string of the molecule is CC(C)C(CN=C(N(C)C)N(C)C)NC(=O)OC(C)(C)C.I. The molecule has 22 heavy (non-hydrogen) atoms. The van der Waals surface area contributed by atoms with E-state index in [1.807, 2.05) is 58.8 Å². The highest BCUT2D eigenvalue weighted by Gasteiger charge is 2.21. The number of nitrogens with zero attached hydrogens (tertiary/aromatic N) is 3. The number of carbonyl (C=O) groups is 1. The maximum Gasteiger partial charge on any atom is 0.407 e. The largest absolute Gasteiger partial charge is 0.444 e. The van der Waals surface area contributed by atoms with Crippen LogP contribution in [0.5, 0.6) is 0 Å². The number of carbonyl (C=O) groups excluding carboxylic acids is 1. The van der Waals surface area contributed by atoms with Crippen LogP contribution >= 0.6 is 24.0 Å². The van der Waals surface area contributed by atoms with Crippen LogP contribution in [0.15, 0.2) is 4.99 Å². The first-order chi connectivity index (χ1) is 9.44. The van der Waals surface area contributed by atoms with Gasteiger partial charge in [-0.15, -0.1) is 24.0 Å². The Morgan fingerprint density at radius 3 is 1.91 bits per heavy atom. The molecule has 0 aliphatic rings. The second-order valence-corrected chi connectivity index (χ2v) is 6.93. The molecule has 0 aliphatic heterocycles. The van der Waals surface area contributed by atoms with Crippen molar-refractivity contribution >= 4 is 36.0 Å². The van der Waals surface area contributed by atoms with Gasteiger partial charge < -0.3 is 19.9 Å². The van der Waals surface area contributed by atoms with Gasteiger partial charge in [0.05, 0.1) is 12.6 Å². The predicted octanol–water partition coefficient (Wildman–Crippen LogP) is 2.63. The van der Waals surface area contributed by atoms with E-state index < -0.39 is 11.7 Å². The van der Waals surface area contributed by atoms with Crippen LogP contribution in [0.3, 0.4) is 0 Å². The summed E-state index contributed by atoms with van der Waals surface area (Å²) in [4.78, 5) is 20.4. The summed E-state index contributed by atoms with van der Waals surface area (Å²) in [5, 5.41) is 2.90. The van der Waals surface area contributed by atoms with Crippen molar-refractivity contribution < 1.29 is 9.53 Å². The van der Waals surface area contributed by atoms with Gasteiger partial charge in [0.15, 0.2) is 5.96 Å². The molecule has 6 nitrogen and oxygen atoms in total. The van der Waals surface area contributed by atoms with E-state index in [-0.39, 0.29) is 35.9 Å². The molecule has 0 fully saturated rings. The van der Waals surface area contributed by atoms with Crippen molar-refractivity contribution in [2.24, 2.45) is 10.9 Å². The Hall–Kier alpha value is -0.730. The van der Waals surface area contributed by atoms with Crippen LogP contribution in [-0.4, -0.2) is 68.2 Å². The standard InChI is InChI=1S/C15H32N4O2.HI/c1-11(2)12(17-14(20)21-15(3,4)5)10-16-13(18(6)7)19(8)9;/h11-12H,10H2,1-9H3,(H,17,20);1H. The molecule has 0 heterocycles. The quantitative estimate of drug-likeness (QED) is 0.425. The molecule has 0 radical (unpaired) electrons. The first kappa shape index (κ1) is 23.5. The normalized spacial score (nSPS) is 12.1. The molecule has 7 heteroatoms. The van der Waals surface area contributed by atoms with Crippen LogP contribution in [-0.2, 0) is 4.74 Å². The molecule has 0 aromatic carbocycles. The van der Waals surface area contributed by atoms with Gasteiger partial charge in [-0.2, -0.15) is 0 Å². The third-order valence-electron chi connectivity index (χ3n) is 2.74. The summed E-state index contributed by atoms with van der Waals surface area (Å²) >= 11 is 0. The second-order valence-electron chi connectivity index (χ2n) is 6.93. The van der Waals surface area contributed by atoms with E-state index in [1.54, 1.807) is 0 Å². The first-order valence-electron chi connectivity index (χ1n) is 7.32. The lowest BCUT2D eigenvalue weighted by Crippen LogP contribution is -2.44. The lowest BCUT2D eigenvalue weighted by molar-refractivity contribution is 0.0493. The molecule has 1 N–H and O–H groups in total. The van der Waals surface area contributed by atoms with Crippen molar-refractivity contribution in [3.05, 3.63) is 0 Å². The molecule has 1 atom stereocenters. The zero-order chi connectivity index (χ0) is 16.8. The third-order valence-corrected chi connectivity index (χ3v) is 2.74. The van der Waals surface area contributed by atoms with Crippen molar-refractivity contribution in [1.29, 1.82) is 0 Å². The monoisotopic (exact) mass is 428 g/mol. The number of amides is 1. The average molecular weight is 428 g/mol. The van der Waals surface area contributed by atoms with Crippen LogP contribution in [0.1, 0.15) is 34.6 Å². The van der Waals surface area contributed by atoms with Crippen molar-refractivity contribution in [2.45, 2.75) is 46.3 Å². The van der Waals surface area contributed by atoms with Crippen LogP contribution in [0.4, 0.5) is 4.79 Å². The van der Waals surface area contributed by atoms with E-state index in [9.17, 15) is 4.79 Å². The smallest absolute Gasteiger partial charge is 0.407 e. The minimum Gasteiger partial charge on any atom is -0.444 e. The van der Waals surface area contributed by atoms with Gasteiger partial charge in [-0.25, -0.2) is 4.79 Å². The highest BCUT2D eigenvalue weighted by atomic mass is 127. The Morgan fingerprint density at radius 1 is 1.14 bits per heavy atom. The summed E-state index contributed by atoms with van der Waals surface area (Å²) < 4.78 is 5.30. The summed E-state index contributed by atoms with van der Waals surface area (Å²) in [6, 6.07) is -0.0604. The van der Waals surface area contributed by atoms with Gasteiger partial charge in [-0.3, -0.25) is 4.99 Å². The minimum atomic E-state index is -0.493. The topological polar surface area (TPSA) is 57.2 Å². The molecular formula is C15H33IN4O2. The molecule has 0 saturated heterocycles. The molecule has 132 valence electrons. The van der Waals surface area contributed by atoms with Crippen molar-refractivity contribution in [3.8, 4) is 0 Å². The van der Waals surface area contributed by atoms with E-state index in [4.69, 9.17) is 4.74 Å². The molecule has 0 rings (SSSR count). The molecule has 0 aliphatic carbocycles. The lowest BCUT2D eigenvalue weighted by atomic mass is 10.1. The van der Waals surface area contributed by atoms with Gasteiger partial charge in [0, 0.05) is 28.2 Å². The average Bonchev–Trinajstić information content (AvgIpc) is 2.23. The number of hydrogen-bond acceptors (Lipinski definition) is 3. The zero-order valence-electron chi connectivity index (χ0n) is 15.4. The summed E-state index contributed by atoms with van der Waals surface area (Å²) in [7, 11) is 7.80. The fraction of sp³-hybridized carbons (Fsp3) is 0.867. The van der Waals surface area contributed by atoms with Gasteiger partial charge in [0.1, 0.15) is 5.60 Å². The van der Waals surface area contributed by atoms with E-state index in [1.165, 1.54) is 0 Å². The number of guanidine groups is 1. The summed E-state index contributed by atoms with van der Waals surface area (Å²) in [6.45, 7) is 10.2. The number of aliphatic imine (C=N–C) groups is 1. The van der Waals surface area contributed by atoms with Crippen molar-refractivity contribution in [2.75, 3.05) is 34.7 Å². The maximum atomic E-state index is 11.9. The molecule has 0 aromatic rings. The first-order valence-corrected chi connectivity index (χ1v) is 7.32. The summed E-state index contributed by atoms with van der Waals surface area (Å²) in [5.74, 6) is 1.14. The molecule has 0 spiro atoms. The number of halogens is 1. The Bertz CT molecular complexity index is 353. The summed E-state index contributed by atoms with van der Waals surface area (Å²) in [6.07, 6.45) is -0.396. The van der Waals surface area contributed by atoms with Gasteiger partial charge >= 0.3 is 6.09 Å². The number of nitrogens with one attached hydrogen (secondary N) is 1. The predicted molar refractivity (Wildman–Crippen MR) is 103 cm³/mol. The highest BCUT2D eigenvalue weighted by Crippen LogP contribution is 2.09. The molecule has 1 unspecified atom stereocenters. The minimum absolute atomic E-state index is 0. The van der Waals surface area contributed by atoms with E-state index >= 15 is 0 Å². The van der Waals surface area contributed by atoms with Crippen molar-refractivity contribution in [3.63, 3.8) is 0 Å². The van der Waals surface area contributed by atoms with E-state index in [2.05, 4.69) is 24.2 Å². The van der Waals surface area contributed by atoms with Gasteiger partial charge in [0.25, 0.3) is 0 Å². The zero-order valence-corrected chi connectivity index (χ0v) is 17.8. The fourth-order valence-corrected chi connectivity index (χ4v) is 1.74. The Kier molecular flexibility index (Phi) is 10.8. The number of rotatable bonds is 4. The maximum absolute atomic E-state index is 11.9. The third kappa shape index (κ3) is 10.1. The van der Waals surface area contributed by atoms with Gasteiger partial charge in [-0.1, -0.05) is 13.8 Å². The van der Waals surface area contributed by atoms with Crippen LogP contribution in [0.2, 0.25) is 0 Å². The number of hydrogen-bond donors (Lipinski definition) is 1. The highest BCUT2D eigenvalue weighted by molar-refractivity contribution is 14.0. The number of ether oxygens (including phenoxy) is 1. The van der Waals surface area contributed by atoms with Crippen molar-refractivity contribution in [1.82, 2.24) is 15.1 Å². The Labute approximate surface area is 152 Å². The Morgan fingerprint density at radius 2 is 1.59 bits per heavy atom.